The summed E-state index contributed by atoms with van der Waals surface area (Å²) in [7, 11) is 0. The first-order valence-corrected chi connectivity index (χ1v) is 5.73. The minimum Gasteiger partial charge on any atom is -0.394 e. The lowest BCUT2D eigenvalue weighted by molar-refractivity contribution is -0.0431. The highest BCUT2D eigenvalue weighted by atomic mass is 16.5. The zero-order chi connectivity index (χ0) is 13.6. The summed E-state index contributed by atoms with van der Waals surface area (Å²) in [5, 5.41) is 18.7. The predicted octanol–water partition coefficient (Wildman–Crippen LogP) is -1.95. The van der Waals surface area contributed by atoms with Crippen LogP contribution >= 0.6 is 0 Å². The average molecular weight is 268 g/mol. The highest BCUT2D eigenvalue weighted by Gasteiger charge is 2.35. The Morgan fingerprint density at radius 3 is 2.95 bits per heavy atom. The Balaban J connectivity index is 2.08. The summed E-state index contributed by atoms with van der Waals surface area (Å²) >= 11 is 0. The van der Waals surface area contributed by atoms with Gasteiger partial charge < -0.3 is 14.9 Å². The third kappa shape index (κ3) is 1.87. The van der Waals surface area contributed by atoms with Crippen LogP contribution < -0.4 is 11.2 Å². The van der Waals surface area contributed by atoms with Crippen molar-refractivity contribution in [3.05, 3.63) is 27.2 Å². The van der Waals surface area contributed by atoms with Crippen LogP contribution in [-0.2, 0) is 4.74 Å². The van der Waals surface area contributed by atoms with Crippen molar-refractivity contribution in [2.75, 3.05) is 6.61 Å². The number of hydrogen-bond donors (Lipinski definition) is 4. The van der Waals surface area contributed by atoms with Crippen molar-refractivity contribution < 1.29 is 14.9 Å². The number of H-pyrrole nitrogens is 2. The van der Waals surface area contributed by atoms with Crippen molar-refractivity contribution in [3.8, 4) is 0 Å². The molecule has 0 saturated carbocycles. The number of aromatic amines is 2. The molecule has 3 atom stereocenters. The maximum absolute atomic E-state index is 11.8. The molecule has 2 aromatic heterocycles. The molecule has 4 N–H and O–H groups in total. The van der Waals surface area contributed by atoms with Crippen molar-refractivity contribution in [2.24, 2.45) is 0 Å². The van der Waals surface area contributed by atoms with Gasteiger partial charge in [-0.15, -0.1) is 0 Å². The molecule has 0 aromatic carbocycles. The van der Waals surface area contributed by atoms with Gasteiger partial charge >= 0.3 is 5.69 Å². The number of aliphatic hydroxyl groups excluding tert-OH is 2. The lowest BCUT2D eigenvalue weighted by atomic mass is 10.2. The SMILES string of the molecule is O=c1[nH]c(=O)c2c(ncn2C2CC(O)C(CO)O2)[nH]1. The molecule has 3 rings (SSSR count). The second-order valence-electron chi connectivity index (χ2n) is 4.37. The van der Waals surface area contributed by atoms with Gasteiger partial charge in [0.2, 0.25) is 0 Å². The Hall–Kier alpha value is -1.97. The molecule has 102 valence electrons. The average Bonchev–Trinajstić information content (AvgIpc) is 2.92. The molecular formula is C10H12N4O5. The maximum Gasteiger partial charge on any atom is 0.327 e. The Labute approximate surface area is 105 Å². The molecule has 1 saturated heterocycles. The van der Waals surface area contributed by atoms with E-state index in [1.54, 1.807) is 0 Å². The Morgan fingerprint density at radius 1 is 1.47 bits per heavy atom. The molecule has 0 spiro atoms. The number of hydrogen-bond acceptors (Lipinski definition) is 6. The molecule has 0 aliphatic carbocycles. The van der Waals surface area contributed by atoms with E-state index in [2.05, 4.69) is 15.0 Å². The lowest BCUT2D eigenvalue weighted by Crippen LogP contribution is -2.25. The number of nitrogens with one attached hydrogen (secondary N) is 2. The van der Waals surface area contributed by atoms with Crippen LogP contribution in [0.2, 0.25) is 0 Å². The molecule has 1 aliphatic heterocycles. The van der Waals surface area contributed by atoms with E-state index in [0.29, 0.717) is 0 Å². The van der Waals surface area contributed by atoms with E-state index in [1.165, 1.54) is 10.9 Å². The van der Waals surface area contributed by atoms with E-state index in [9.17, 15) is 14.7 Å². The predicted molar refractivity (Wildman–Crippen MR) is 62.6 cm³/mol. The van der Waals surface area contributed by atoms with E-state index in [0.717, 1.165) is 0 Å². The van der Waals surface area contributed by atoms with E-state index >= 15 is 0 Å². The molecule has 2 aromatic rings. The molecular weight excluding hydrogens is 256 g/mol. The molecule has 19 heavy (non-hydrogen) atoms. The molecule has 9 nitrogen and oxygen atoms in total. The van der Waals surface area contributed by atoms with Gasteiger partial charge in [0, 0.05) is 6.42 Å². The summed E-state index contributed by atoms with van der Waals surface area (Å²) in [5.41, 5.74) is -0.903. The molecule has 3 unspecified atom stereocenters. The zero-order valence-electron chi connectivity index (χ0n) is 9.74. The minimum absolute atomic E-state index is 0.152. The normalized spacial score (nSPS) is 27.2. The molecule has 9 heteroatoms. The first kappa shape index (κ1) is 12.1. The monoisotopic (exact) mass is 268 g/mol. The zero-order valence-corrected chi connectivity index (χ0v) is 9.74. The first-order chi connectivity index (χ1) is 9.10. The summed E-state index contributed by atoms with van der Waals surface area (Å²) in [6, 6.07) is 0. The maximum atomic E-state index is 11.8. The molecule has 0 radical (unpaired) electrons. The summed E-state index contributed by atoms with van der Waals surface area (Å²) in [4.78, 5) is 31.3. The quantitative estimate of drug-likeness (QED) is 0.500. The van der Waals surface area contributed by atoms with Crippen LogP contribution in [0.5, 0.6) is 0 Å². The van der Waals surface area contributed by atoms with Gasteiger partial charge in [-0.05, 0) is 0 Å². The van der Waals surface area contributed by atoms with Gasteiger partial charge in [-0.25, -0.2) is 9.78 Å². The largest absolute Gasteiger partial charge is 0.394 e. The number of imidazole rings is 1. The van der Waals surface area contributed by atoms with Gasteiger partial charge in [0.05, 0.1) is 19.0 Å². The van der Waals surface area contributed by atoms with Gasteiger partial charge in [0.1, 0.15) is 12.3 Å². The fourth-order valence-corrected chi connectivity index (χ4v) is 2.25. The fraction of sp³-hybridized carbons (Fsp3) is 0.500. The molecule has 0 amide bonds. The molecule has 0 bridgehead atoms. The number of fused-ring (bicyclic) bond motifs is 1. The second-order valence-corrected chi connectivity index (χ2v) is 4.37. The third-order valence-electron chi connectivity index (χ3n) is 3.16. The van der Waals surface area contributed by atoms with Crippen LogP contribution in [0.4, 0.5) is 0 Å². The first-order valence-electron chi connectivity index (χ1n) is 5.73. The smallest absolute Gasteiger partial charge is 0.327 e. The highest BCUT2D eigenvalue weighted by molar-refractivity contribution is 5.68. The lowest BCUT2D eigenvalue weighted by Gasteiger charge is -2.13. The Kier molecular flexibility index (Phi) is 2.73. The Bertz CT molecular complexity index is 717. The Morgan fingerprint density at radius 2 is 2.26 bits per heavy atom. The minimum atomic E-state index is -0.811. The van der Waals surface area contributed by atoms with Crippen molar-refractivity contribution >= 4 is 11.2 Å². The van der Waals surface area contributed by atoms with Gasteiger partial charge in [0.15, 0.2) is 11.2 Å². The summed E-state index contributed by atoms with van der Waals surface area (Å²) in [5.74, 6) is 0. The van der Waals surface area contributed by atoms with E-state index in [4.69, 9.17) is 9.84 Å². The van der Waals surface area contributed by atoms with E-state index < -0.39 is 29.7 Å². The van der Waals surface area contributed by atoms with Crippen molar-refractivity contribution in [1.82, 2.24) is 19.5 Å². The van der Waals surface area contributed by atoms with Crippen LogP contribution in [0.25, 0.3) is 11.2 Å². The van der Waals surface area contributed by atoms with Crippen LogP contribution in [0.3, 0.4) is 0 Å². The molecule has 1 aliphatic rings. The summed E-state index contributed by atoms with van der Waals surface area (Å²) < 4.78 is 6.87. The number of aromatic nitrogens is 4. The van der Waals surface area contributed by atoms with Crippen LogP contribution in [0.1, 0.15) is 12.6 Å². The number of nitrogens with zero attached hydrogens (tertiary/aromatic N) is 2. The third-order valence-corrected chi connectivity index (χ3v) is 3.16. The second kappa shape index (κ2) is 4.30. The van der Waals surface area contributed by atoms with Crippen LogP contribution in [-0.4, -0.2) is 48.5 Å². The van der Waals surface area contributed by atoms with Crippen molar-refractivity contribution in [2.45, 2.75) is 24.9 Å². The molecule has 1 fully saturated rings. The highest BCUT2D eigenvalue weighted by Crippen LogP contribution is 2.29. The fourth-order valence-electron chi connectivity index (χ4n) is 2.25. The van der Waals surface area contributed by atoms with E-state index in [-0.39, 0.29) is 24.2 Å². The summed E-state index contributed by atoms with van der Waals surface area (Å²) in [6.45, 7) is -0.308. The van der Waals surface area contributed by atoms with Crippen molar-refractivity contribution in [1.29, 1.82) is 0 Å². The topological polar surface area (TPSA) is 133 Å². The summed E-state index contributed by atoms with van der Waals surface area (Å²) in [6.07, 6.45) is -0.523. The number of ether oxygens (including phenoxy) is 1. The van der Waals surface area contributed by atoms with Crippen molar-refractivity contribution in [3.63, 3.8) is 0 Å². The number of aliphatic hydroxyl groups is 2. The van der Waals surface area contributed by atoms with E-state index in [1.807, 2.05) is 0 Å². The van der Waals surface area contributed by atoms with Gasteiger partial charge in [0.25, 0.3) is 5.56 Å². The molecule has 3 heterocycles. The van der Waals surface area contributed by atoms with Gasteiger partial charge in [-0.3, -0.25) is 19.3 Å². The standard InChI is InChI=1S/C10H12N4O5/c15-2-5-4(16)1-6(19-5)14-3-11-8-7(14)9(17)13-10(18)12-8/h3-6,15-16H,1-2H2,(H2,12,13,17,18). The van der Waals surface area contributed by atoms with Crippen LogP contribution in [0.15, 0.2) is 15.9 Å². The van der Waals surface area contributed by atoms with Crippen LogP contribution in [0, 0.1) is 0 Å². The van der Waals surface area contributed by atoms with Gasteiger partial charge in [-0.2, -0.15) is 0 Å². The van der Waals surface area contributed by atoms with Gasteiger partial charge in [-0.1, -0.05) is 0 Å². The number of rotatable bonds is 2.